The number of thiophene rings is 1. The minimum absolute atomic E-state index is 0.116. The lowest BCUT2D eigenvalue weighted by molar-refractivity contribution is -0.117. The summed E-state index contributed by atoms with van der Waals surface area (Å²) in [6.45, 7) is 4.78. The van der Waals surface area contributed by atoms with Crippen molar-refractivity contribution < 1.29 is 14.1 Å². The predicted octanol–water partition coefficient (Wildman–Crippen LogP) is 2.32. The summed E-state index contributed by atoms with van der Waals surface area (Å²) in [5.41, 5.74) is 2.18. The molecule has 0 atom stereocenters. The van der Waals surface area contributed by atoms with Gasteiger partial charge in [-0.2, -0.15) is 0 Å². The summed E-state index contributed by atoms with van der Waals surface area (Å²) >= 11 is 1.73. The normalized spacial score (nSPS) is 17.6. The zero-order valence-electron chi connectivity index (χ0n) is 15.5. The summed E-state index contributed by atoms with van der Waals surface area (Å²) in [5.74, 6) is 1.13. The minimum Gasteiger partial charge on any atom is -0.360 e. The van der Waals surface area contributed by atoms with Gasteiger partial charge in [0.15, 0.2) is 5.82 Å². The molecule has 0 saturated carbocycles. The lowest BCUT2D eigenvalue weighted by Crippen LogP contribution is -2.50. The fourth-order valence-electron chi connectivity index (χ4n) is 3.76. The van der Waals surface area contributed by atoms with E-state index in [1.165, 1.54) is 23.3 Å². The number of nitrogens with zero attached hydrogens (tertiary/aromatic N) is 3. The monoisotopic (exact) mass is 388 g/mol. The van der Waals surface area contributed by atoms with Crippen LogP contribution in [0, 0.1) is 6.92 Å². The van der Waals surface area contributed by atoms with Gasteiger partial charge in [0.2, 0.25) is 5.91 Å². The molecule has 8 heteroatoms. The van der Waals surface area contributed by atoms with Crippen LogP contribution in [0.2, 0.25) is 0 Å². The molecule has 2 aromatic rings. The van der Waals surface area contributed by atoms with Crippen LogP contribution in [-0.2, 0) is 17.6 Å². The Morgan fingerprint density at radius 2 is 2.00 bits per heavy atom. The molecule has 144 valence electrons. The predicted molar refractivity (Wildman–Crippen MR) is 103 cm³/mol. The molecule has 1 N–H and O–H groups in total. The highest BCUT2D eigenvalue weighted by atomic mass is 32.1. The lowest BCUT2D eigenvalue weighted by atomic mass is 9.95. The molecule has 0 unspecified atom stereocenters. The molecule has 2 aromatic heterocycles. The van der Waals surface area contributed by atoms with Crippen molar-refractivity contribution >= 4 is 29.0 Å². The molecule has 1 aliphatic carbocycles. The smallest absolute Gasteiger partial charge is 0.255 e. The van der Waals surface area contributed by atoms with Crippen LogP contribution in [0.4, 0.5) is 5.82 Å². The van der Waals surface area contributed by atoms with E-state index in [0.29, 0.717) is 44.3 Å². The van der Waals surface area contributed by atoms with Gasteiger partial charge in [-0.15, -0.1) is 11.3 Å². The molecule has 1 aliphatic heterocycles. The SMILES string of the molecule is Cc1cc(NC(=O)CN2CCN(C(=O)c3csc4c3CCCC4)CC2)no1. The first-order chi connectivity index (χ1) is 13.1. The topological polar surface area (TPSA) is 78.7 Å². The number of rotatable bonds is 4. The Morgan fingerprint density at radius 3 is 2.74 bits per heavy atom. The van der Waals surface area contributed by atoms with Crippen LogP contribution in [0.3, 0.4) is 0 Å². The second-order valence-electron chi connectivity index (χ2n) is 7.20. The van der Waals surface area contributed by atoms with Crippen molar-refractivity contribution in [3.05, 3.63) is 33.2 Å². The molecule has 4 rings (SSSR count). The molecule has 2 amide bonds. The Hall–Kier alpha value is -2.19. The molecular formula is C19H24N4O3S. The number of hydrogen-bond acceptors (Lipinski definition) is 6. The van der Waals surface area contributed by atoms with Gasteiger partial charge in [-0.05, 0) is 38.2 Å². The number of piperazine rings is 1. The number of carbonyl (C=O) groups excluding carboxylic acids is 2. The van der Waals surface area contributed by atoms with E-state index in [0.717, 1.165) is 18.4 Å². The van der Waals surface area contributed by atoms with Crippen LogP contribution < -0.4 is 5.32 Å². The summed E-state index contributed by atoms with van der Waals surface area (Å²) in [6, 6.07) is 1.69. The number of anilines is 1. The number of carbonyl (C=O) groups is 2. The van der Waals surface area contributed by atoms with E-state index in [-0.39, 0.29) is 11.8 Å². The Kier molecular flexibility index (Phi) is 5.27. The van der Waals surface area contributed by atoms with Gasteiger partial charge in [-0.1, -0.05) is 5.16 Å². The lowest BCUT2D eigenvalue weighted by Gasteiger charge is -2.34. The summed E-state index contributed by atoms with van der Waals surface area (Å²) in [4.78, 5) is 30.4. The molecule has 0 radical (unpaired) electrons. The van der Waals surface area contributed by atoms with Gasteiger partial charge in [-0.3, -0.25) is 14.5 Å². The van der Waals surface area contributed by atoms with Crippen molar-refractivity contribution in [2.24, 2.45) is 0 Å². The standard InChI is InChI=1S/C19H24N4O3S/c1-13-10-17(21-26-13)20-18(24)11-22-6-8-23(9-7-22)19(25)15-12-27-16-5-3-2-4-14(15)16/h10,12H,2-9,11H2,1H3,(H,20,21,24). The van der Waals surface area contributed by atoms with Gasteiger partial charge in [0.1, 0.15) is 5.76 Å². The third kappa shape index (κ3) is 4.06. The highest BCUT2D eigenvalue weighted by Crippen LogP contribution is 2.31. The van der Waals surface area contributed by atoms with Crippen LogP contribution in [0.15, 0.2) is 16.0 Å². The zero-order chi connectivity index (χ0) is 18.8. The van der Waals surface area contributed by atoms with Crippen LogP contribution in [0.1, 0.15) is 39.4 Å². The number of aryl methyl sites for hydroxylation is 2. The van der Waals surface area contributed by atoms with E-state index in [1.54, 1.807) is 24.3 Å². The van der Waals surface area contributed by atoms with E-state index in [4.69, 9.17) is 4.52 Å². The van der Waals surface area contributed by atoms with Crippen LogP contribution in [0.25, 0.3) is 0 Å². The first-order valence-corrected chi connectivity index (χ1v) is 10.3. The number of hydrogen-bond donors (Lipinski definition) is 1. The van der Waals surface area contributed by atoms with Crippen molar-refractivity contribution in [3.8, 4) is 0 Å². The fourth-order valence-corrected chi connectivity index (χ4v) is 4.88. The van der Waals surface area contributed by atoms with Gasteiger partial charge in [-0.25, -0.2) is 0 Å². The van der Waals surface area contributed by atoms with E-state index >= 15 is 0 Å². The highest BCUT2D eigenvalue weighted by Gasteiger charge is 2.27. The number of nitrogens with one attached hydrogen (secondary N) is 1. The molecule has 0 spiro atoms. The molecule has 1 saturated heterocycles. The molecule has 1 fully saturated rings. The molecule has 2 aliphatic rings. The summed E-state index contributed by atoms with van der Waals surface area (Å²) in [6.07, 6.45) is 4.55. The average molecular weight is 388 g/mol. The number of amides is 2. The molecule has 0 aromatic carbocycles. The fraction of sp³-hybridized carbons (Fsp3) is 0.526. The highest BCUT2D eigenvalue weighted by molar-refractivity contribution is 7.10. The van der Waals surface area contributed by atoms with Crippen molar-refractivity contribution in [2.75, 3.05) is 38.0 Å². The average Bonchev–Trinajstić information content (AvgIpc) is 3.28. The third-order valence-corrected chi connectivity index (χ3v) is 6.30. The Morgan fingerprint density at radius 1 is 1.22 bits per heavy atom. The quantitative estimate of drug-likeness (QED) is 0.870. The van der Waals surface area contributed by atoms with Gasteiger partial charge < -0.3 is 14.7 Å². The number of aromatic nitrogens is 1. The van der Waals surface area contributed by atoms with Gasteiger partial charge >= 0.3 is 0 Å². The Labute approximate surface area is 162 Å². The molecule has 7 nitrogen and oxygen atoms in total. The van der Waals surface area contributed by atoms with Crippen molar-refractivity contribution in [1.29, 1.82) is 0 Å². The third-order valence-electron chi connectivity index (χ3n) is 5.21. The second kappa shape index (κ2) is 7.82. The van der Waals surface area contributed by atoms with Crippen LogP contribution in [-0.4, -0.2) is 59.5 Å². The van der Waals surface area contributed by atoms with E-state index in [9.17, 15) is 9.59 Å². The largest absolute Gasteiger partial charge is 0.360 e. The Bertz CT molecular complexity index is 836. The second-order valence-corrected chi connectivity index (χ2v) is 8.16. The van der Waals surface area contributed by atoms with E-state index in [2.05, 4.69) is 15.4 Å². The van der Waals surface area contributed by atoms with Crippen molar-refractivity contribution in [3.63, 3.8) is 0 Å². The maximum atomic E-state index is 12.9. The minimum atomic E-state index is -0.116. The molecule has 0 bridgehead atoms. The summed E-state index contributed by atoms with van der Waals surface area (Å²) < 4.78 is 4.95. The molecule has 3 heterocycles. The molecule has 27 heavy (non-hydrogen) atoms. The van der Waals surface area contributed by atoms with Gasteiger partial charge in [0.05, 0.1) is 12.1 Å². The van der Waals surface area contributed by atoms with Gasteiger partial charge in [0.25, 0.3) is 5.91 Å². The van der Waals surface area contributed by atoms with E-state index < -0.39 is 0 Å². The zero-order valence-corrected chi connectivity index (χ0v) is 16.3. The van der Waals surface area contributed by atoms with Gasteiger partial charge in [0, 0.05) is 42.5 Å². The van der Waals surface area contributed by atoms with Crippen LogP contribution >= 0.6 is 11.3 Å². The number of fused-ring (bicyclic) bond motifs is 1. The van der Waals surface area contributed by atoms with Crippen LogP contribution in [0.5, 0.6) is 0 Å². The first kappa shape index (κ1) is 18.2. The maximum absolute atomic E-state index is 12.9. The van der Waals surface area contributed by atoms with Crippen molar-refractivity contribution in [2.45, 2.75) is 32.6 Å². The molecular weight excluding hydrogens is 364 g/mol. The summed E-state index contributed by atoms with van der Waals surface area (Å²) in [7, 11) is 0. The Balaban J connectivity index is 1.29. The van der Waals surface area contributed by atoms with Crippen molar-refractivity contribution in [1.82, 2.24) is 15.0 Å². The van der Waals surface area contributed by atoms with E-state index in [1.807, 2.05) is 10.3 Å². The summed E-state index contributed by atoms with van der Waals surface area (Å²) in [5, 5.41) is 8.55. The maximum Gasteiger partial charge on any atom is 0.255 e. The first-order valence-electron chi connectivity index (χ1n) is 9.44.